The number of Topliss-reactive ketones (excluding diaryl/α,β-unsaturated/α-hetero) is 1. The van der Waals surface area contributed by atoms with Gasteiger partial charge in [0.2, 0.25) is 0 Å². The summed E-state index contributed by atoms with van der Waals surface area (Å²) in [6.07, 6.45) is 0.421. The third-order valence-electron chi connectivity index (χ3n) is 3.31. The van der Waals surface area contributed by atoms with E-state index in [1.807, 2.05) is 0 Å². The van der Waals surface area contributed by atoms with E-state index in [2.05, 4.69) is 56.5 Å². The topological polar surface area (TPSA) is 46.6 Å². The Hall–Kier alpha value is -0.950. The van der Waals surface area contributed by atoms with Crippen molar-refractivity contribution in [3.05, 3.63) is 33.4 Å². The molecule has 1 atom stereocenters. The number of ketones is 1. The molecule has 19 heavy (non-hydrogen) atoms. The molecule has 0 aromatic heterocycles. The van der Waals surface area contributed by atoms with Crippen molar-refractivity contribution in [2.75, 3.05) is 20.2 Å². The molecule has 5 heteroatoms. The number of ether oxygens (including phenoxy) is 1. The van der Waals surface area contributed by atoms with Gasteiger partial charge in [0.1, 0.15) is 11.7 Å². The number of carbonyl (C=O) groups excluding carboxylic acids is 2. The fourth-order valence-corrected chi connectivity index (χ4v) is 2.59. The quantitative estimate of drug-likeness (QED) is 0.461. The van der Waals surface area contributed by atoms with Crippen LogP contribution in [0.2, 0.25) is 0 Å². The fourth-order valence-electron chi connectivity index (χ4n) is 2.23. The van der Waals surface area contributed by atoms with E-state index >= 15 is 0 Å². The predicted octanol–water partition coefficient (Wildman–Crippen LogP) is 1.86. The van der Waals surface area contributed by atoms with Gasteiger partial charge in [-0.2, -0.15) is 0 Å². The lowest BCUT2D eigenvalue weighted by Crippen LogP contribution is -2.44. The number of hydrogen-bond donors (Lipinski definition) is 0. The summed E-state index contributed by atoms with van der Waals surface area (Å²) in [5, 5.41) is 0. The van der Waals surface area contributed by atoms with Crippen LogP contribution in [-0.2, 0) is 20.9 Å². The highest BCUT2D eigenvalue weighted by atomic mass is 127. The first-order valence-corrected chi connectivity index (χ1v) is 7.25. The molecule has 1 saturated heterocycles. The van der Waals surface area contributed by atoms with Crippen molar-refractivity contribution >= 4 is 34.3 Å². The first-order chi connectivity index (χ1) is 9.10. The molecule has 0 aliphatic carbocycles. The van der Waals surface area contributed by atoms with Crippen molar-refractivity contribution in [1.29, 1.82) is 0 Å². The Kier molecular flexibility index (Phi) is 4.93. The second kappa shape index (κ2) is 6.47. The van der Waals surface area contributed by atoms with E-state index in [0.29, 0.717) is 19.5 Å². The minimum atomic E-state index is -0.623. The maximum absolute atomic E-state index is 11.7. The minimum Gasteiger partial charge on any atom is -0.468 e. The maximum atomic E-state index is 11.7. The Balaban J connectivity index is 2.00. The summed E-state index contributed by atoms with van der Waals surface area (Å²) < 4.78 is 5.88. The van der Waals surface area contributed by atoms with Gasteiger partial charge in [-0.1, -0.05) is 12.1 Å². The van der Waals surface area contributed by atoms with Crippen molar-refractivity contribution < 1.29 is 14.3 Å². The van der Waals surface area contributed by atoms with Gasteiger partial charge in [0.25, 0.3) is 0 Å². The van der Waals surface area contributed by atoms with Crippen molar-refractivity contribution in [3.63, 3.8) is 0 Å². The molecule has 0 N–H and O–H groups in total. The first-order valence-electron chi connectivity index (χ1n) is 6.17. The molecule has 0 amide bonds. The number of likely N-dealkylation sites (tertiary alicyclic amines) is 1. The molecule has 1 aromatic carbocycles. The zero-order chi connectivity index (χ0) is 13.8. The number of rotatable bonds is 3. The Morgan fingerprint density at radius 3 is 2.74 bits per heavy atom. The summed E-state index contributed by atoms with van der Waals surface area (Å²) >= 11 is 2.27. The largest absolute Gasteiger partial charge is 0.468 e. The molecule has 0 bridgehead atoms. The third kappa shape index (κ3) is 3.76. The lowest BCUT2D eigenvalue weighted by atomic mass is 9.96. The van der Waals surface area contributed by atoms with Gasteiger partial charge in [-0.15, -0.1) is 0 Å². The SMILES string of the molecule is COC(=O)C1CN(Cc2ccc(I)cc2)CCC1=O. The van der Waals surface area contributed by atoms with Crippen LogP contribution in [0.25, 0.3) is 0 Å². The normalized spacial score (nSPS) is 20.3. The predicted molar refractivity (Wildman–Crippen MR) is 79.6 cm³/mol. The fraction of sp³-hybridized carbons (Fsp3) is 0.429. The van der Waals surface area contributed by atoms with Gasteiger partial charge in [0.05, 0.1) is 7.11 Å². The molecule has 2 rings (SSSR count). The van der Waals surface area contributed by atoms with Crippen molar-refractivity contribution in [2.45, 2.75) is 13.0 Å². The zero-order valence-corrected chi connectivity index (χ0v) is 12.9. The van der Waals surface area contributed by atoms with Crippen LogP contribution in [0.1, 0.15) is 12.0 Å². The Bertz CT molecular complexity index is 464. The van der Waals surface area contributed by atoms with E-state index in [1.54, 1.807) is 0 Å². The zero-order valence-electron chi connectivity index (χ0n) is 10.8. The number of hydrogen-bond acceptors (Lipinski definition) is 4. The minimum absolute atomic E-state index is 0.00860. The van der Waals surface area contributed by atoms with Crippen LogP contribution in [0, 0.1) is 9.49 Å². The van der Waals surface area contributed by atoms with Crippen LogP contribution >= 0.6 is 22.6 Å². The van der Waals surface area contributed by atoms with E-state index in [-0.39, 0.29) is 5.78 Å². The molecule has 1 unspecified atom stereocenters. The summed E-state index contributed by atoms with van der Waals surface area (Å²) in [5.41, 5.74) is 1.19. The first kappa shape index (κ1) is 14.5. The number of esters is 1. The average molecular weight is 373 g/mol. The summed E-state index contributed by atoms with van der Waals surface area (Å²) in [6, 6.07) is 8.27. The van der Waals surface area contributed by atoms with Gasteiger partial charge < -0.3 is 4.74 Å². The van der Waals surface area contributed by atoms with Gasteiger partial charge in [-0.05, 0) is 40.3 Å². The number of piperidine rings is 1. The molecular weight excluding hydrogens is 357 g/mol. The van der Waals surface area contributed by atoms with Crippen LogP contribution in [0.3, 0.4) is 0 Å². The van der Waals surface area contributed by atoms with Crippen molar-refractivity contribution in [1.82, 2.24) is 4.90 Å². The molecule has 1 aliphatic rings. The maximum Gasteiger partial charge on any atom is 0.317 e. The summed E-state index contributed by atoms with van der Waals surface area (Å²) in [5.74, 6) is -1.05. The highest BCUT2D eigenvalue weighted by molar-refractivity contribution is 14.1. The lowest BCUT2D eigenvalue weighted by molar-refractivity contribution is -0.152. The average Bonchev–Trinajstić information content (AvgIpc) is 2.42. The van der Waals surface area contributed by atoms with Gasteiger partial charge in [-0.3, -0.25) is 14.5 Å². The molecule has 4 nitrogen and oxygen atoms in total. The molecule has 1 aromatic rings. The second-order valence-electron chi connectivity index (χ2n) is 4.65. The monoisotopic (exact) mass is 373 g/mol. The number of nitrogens with zero attached hydrogens (tertiary/aromatic N) is 1. The Morgan fingerprint density at radius 2 is 2.11 bits per heavy atom. The third-order valence-corrected chi connectivity index (χ3v) is 4.03. The van der Waals surface area contributed by atoms with Crippen LogP contribution in [0.4, 0.5) is 0 Å². The van der Waals surface area contributed by atoms with Gasteiger partial charge >= 0.3 is 5.97 Å². The van der Waals surface area contributed by atoms with E-state index < -0.39 is 11.9 Å². The second-order valence-corrected chi connectivity index (χ2v) is 5.90. The Labute approximate surface area is 126 Å². The number of benzene rings is 1. The summed E-state index contributed by atoms with van der Waals surface area (Å²) in [6.45, 7) is 1.92. The van der Waals surface area contributed by atoms with Gasteiger partial charge in [0.15, 0.2) is 0 Å². The van der Waals surface area contributed by atoms with Gasteiger partial charge in [-0.25, -0.2) is 0 Å². The van der Waals surface area contributed by atoms with Gasteiger partial charge in [0, 0.05) is 29.6 Å². The van der Waals surface area contributed by atoms with Crippen molar-refractivity contribution in [3.8, 4) is 0 Å². The molecule has 0 saturated carbocycles. The highest BCUT2D eigenvalue weighted by Gasteiger charge is 2.33. The van der Waals surface area contributed by atoms with Crippen LogP contribution in [0.5, 0.6) is 0 Å². The van der Waals surface area contributed by atoms with E-state index in [1.165, 1.54) is 16.2 Å². The van der Waals surface area contributed by atoms with Crippen LogP contribution < -0.4 is 0 Å². The summed E-state index contributed by atoms with van der Waals surface area (Å²) in [7, 11) is 1.33. The van der Waals surface area contributed by atoms with Crippen LogP contribution in [0.15, 0.2) is 24.3 Å². The smallest absolute Gasteiger partial charge is 0.317 e. The van der Waals surface area contributed by atoms with Crippen molar-refractivity contribution in [2.24, 2.45) is 5.92 Å². The number of halogens is 1. The van der Waals surface area contributed by atoms with E-state index in [0.717, 1.165) is 6.54 Å². The van der Waals surface area contributed by atoms with E-state index in [4.69, 9.17) is 0 Å². The molecule has 0 radical (unpaired) electrons. The highest BCUT2D eigenvalue weighted by Crippen LogP contribution is 2.17. The molecule has 0 spiro atoms. The van der Waals surface area contributed by atoms with Crippen LogP contribution in [-0.4, -0.2) is 36.9 Å². The molecule has 1 fully saturated rings. The standard InChI is InChI=1S/C14H16INO3/c1-19-14(18)12-9-16(7-6-13(12)17)8-10-2-4-11(15)5-3-10/h2-5,12H,6-9H2,1H3. The number of methoxy groups -OCH3 is 1. The molecule has 1 aliphatic heterocycles. The molecule has 1 heterocycles. The lowest BCUT2D eigenvalue weighted by Gasteiger charge is -2.30. The summed E-state index contributed by atoms with van der Waals surface area (Å²) in [4.78, 5) is 25.4. The molecule has 102 valence electrons. The number of carbonyl (C=O) groups is 2. The Morgan fingerprint density at radius 1 is 1.42 bits per heavy atom. The van der Waals surface area contributed by atoms with E-state index in [9.17, 15) is 9.59 Å². The molecular formula is C14H16INO3.